The van der Waals surface area contributed by atoms with E-state index < -0.39 is 0 Å². The highest BCUT2D eigenvalue weighted by atomic mass is 14.9. The molecule has 0 bridgehead atoms. The van der Waals surface area contributed by atoms with Crippen LogP contribution >= 0.6 is 0 Å². The van der Waals surface area contributed by atoms with E-state index in [1.54, 1.807) is 0 Å². The van der Waals surface area contributed by atoms with Crippen LogP contribution < -0.4 is 5.32 Å². The molecule has 0 saturated heterocycles. The van der Waals surface area contributed by atoms with Crippen LogP contribution in [-0.4, -0.2) is 6.54 Å². The zero-order valence-electron chi connectivity index (χ0n) is 12.8. The first kappa shape index (κ1) is 15.2. The summed E-state index contributed by atoms with van der Waals surface area (Å²) in [5.41, 5.74) is 5.68. The van der Waals surface area contributed by atoms with Crippen LogP contribution in [0.5, 0.6) is 0 Å². The van der Waals surface area contributed by atoms with Crippen molar-refractivity contribution in [2.24, 2.45) is 0 Å². The summed E-state index contributed by atoms with van der Waals surface area (Å²) in [6.45, 7) is 12.3. The third-order valence-corrected chi connectivity index (χ3v) is 3.65. The van der Waals surface area contributed by atoms with Gasteiger partial charge in [-0.2, -0.15) is 0 Å². The van der Waals surface area contributed by atoms with Gasteiger partial charge in [-0.15, -0.1) is 0 Å². The second-order valence-corrected chi connectivity index (χ2v) is 5.55. The number of unbranched alkanes of at least 4 members (excludes halogenated alkanes) is 3. The van der Waals surface area contributed by atoms with Crippen LogP contribution in [0.25, 0.3) is 0 Å². The van der Waals surface area contributed by atoms with Gasteiger partial charge < -0.3 is 5.32 Å². The van der Waals surface area contributed by atoms with Crippen LogP contribution in [0.2, 0.25) is 0 Å². The first-order valence-corrected chi connectivity index (χ1v) is 7.37. The number of aryl methyl sites for hydroxylation is 3. The van der Waals surface area contributed by atoms with Gasteiger partial charge in [0.15, 0.2) is 0 Å². The van der Waals surface area contributed by atoms with Crippen LogP contribution in [0.15, 0.2) is 12.1 Å². The average Bonchev–Trinajstić information content (AvgIpc) is 2.27. The Morgan fingerprint density at radius 1 is 1.00 bits per heavy atom. The monoisotopic (exact) mass is 247 g/mol. The van der Waals surface area contributed by atoms with Crippen LogP contribution in [0.4, 0.5) is 0 Å². The minimum absolute atomic E-state index is 0.465. The molecule has 0 spiro atoms. The first-order chi connectivity index (χ1) is 8.56. The maximum atomic E-state index is 3.66. The molecular formula is C17H29N. The average molecular weight is 247 g/mol. The van der Waals surface area contributed by atoms with E-state index in [4.69, 9.17) is 0 Å². The Morgan fingerprint density at radius 2 is 1.61 bits per heavy atom. The van der Waals surface area contributed by atoms with Crippen molar-refractivity contribution < 1.29 is 0 Å². The van der Waals surface area contributed by atoms with Gasteiger partial charge in [0.1, 0.15) is 0 Å². The molecule has 0 aliphatic heterocycles. The third-order valence-electron chi connectivity index (χ3n) is 3.65. The smallest absolute Gasteiger partial charge is 0.0297 e. The van der Waals surface area contributed by atoms with E-state index in [1.807, 2.05) is 0 Å². The van der Waals surface area contributed by atoms with Crippen molar-refractivity contribution in [3.63, 3.8) is 0 Å². The Kier molecular flexibility index (Phi) is 6.42. The molecule has 1 unspecified atom stereocenters. The van der Waals surface area contributed by atoms with Crippen molar-refractivity contribution in [3.05, 3.63) is 34.4 Å². The normalized spacial score (nSPS) is 12.7. The zero-order chi connectivity index (χ0) is 13.5. The van der Waals surface area contributed by atoms with Gasteiger partial charge in [-0.25, -0.2) is 0 Å². The molecule has 1 rings (SSSR count). The van der Waals surface area contributed by atoms with Crippen molar-refractivity contribution in [1.82, 2.24) is 5.32 Å². The van der Waals surface area contributed by atoms with Crippen molar-refractivity contribution >= 4 is 0 Å². The molecule has 0 radical (unpaired) electrons. The Hall–Kier alpha value is -0.820. The topological polar surface area (TPSA) is 12.0 Å². The number of nitrogens with one attached hydrogen (secondary N) is 1. The van der Waals surface area contributed by atoms with Gasteiger partial charge in [0.25, 0.3) is 0 Å². The Bertz CT molecular complexity index is 345. The van der Waals surface area contributed by atoms with Crippen molar-refractivity contribution in [2.45, 2.75) is 66.3 Å². The molecule has 0 aliphatic rings. The van der Waals surface area contributed by atoms with E-state index in [2.05, 4.69) is 52.1 Å². The minimum atomic E-state index is 0.465. The predicted molar refractivity (Wildman–Crippen MR) is 81.2 cm³/mol. The maximum Gasteiger partial charge on any atom is 0.0297 e. The van der Waals surface area contributed by atoms with E-state index in [0.717, 1.165) is 6.54 Å². The second kappa shape index (κ2) is 7.58. The lowest BCUT2D eigenvalue weighted by molar-refractivity contribution is 0.533. The zero-order valence-corrected chi connectivity index (χ0v) is 12.8. The standard InChI is InChI=1S/C17H29N/c1-6-7-8-9-10-18-16(5)17-14(3)11-13(2)12-15(17)4/h11-12,16,18H,6-10H2,1-5H3. The van der Waals surface area contributed by atoms with Crippen molar-refractivity contribution in [3.8, 4) is 0 Å². The highest BCUT2D eigenvalue weighted by molar-refractivity contribution is 5.39. The largest absolute Gasteiger partial charge is 0.310 e. The maximum absolute atomic E-state index is 3.66. The third kappa shape index (κ3) is 4.45. The molecule has 0 heterocycles. The fourth-order valence-corrected chi connectivity index (χ4v) is 2.85. The highest BCUT2D eigenvalue weighted by Crippen LogP contribution is 2.23. The fraction of sp³-hybridized carbons (Fsp3) is 0.647. The summed E-state index contributed by atoms with van der Waals surface area (Å²) < 4.78 is 0. The van der Waals surface area contributed by atoms with Gasteiger partial charge in [0, 0.05) is 6.04 Å². The number of rotatable bonds is 7. The van der Waals surface area contributed by atoms with E-state index in [0.29, 0.717) is 6.04 Å². The van der Waals surface area contributed by atoms with Gasteiger partial charge in [0.2, 0.25) is 0 Å². The number of hydrogen-bond acceptors (Lipinski definition) is 1. The summed E-state index contributed by atoms with van der Waals surface area (Å²) in [4.78, 5) is 0. The van der Waals surface area contributed by atoms with Crippen LogP contribution in [0.3, 0.4) is 0 Å². The molecule has 1 N–H and O–H groups in total. The first-order valence-electron chi connectivity index (χ1n) is 7.37. The van der Waals surface area contributed by atoms with Crippen molar-refractivity contribution in [2.75, 3.05) is 6.54 Å². The quantitative estimate of drug-likeness (QED) is 0.680. The van der Waals surface area contributed by atoms with Gasteiger partial charge in [0.05, 0.1) is 0 Å². The summed E-state index contributed by atoms with van der Waals surface area (Å²) in [6, 6.07) is 5.04. The lowest BCUT2D eigenvalue weighted by atomic mass is 9.95. The number of benzene rings is 1. The molecule has 1 heteroatoms. The molecule has 0 fully saturated rings. The molecule has 1 atom stereocenters. The SMILES string of the molecule is CCCCCCNC(C)c1c(C)cc(C)cc1C. The molecule has 1 aromatic rings. The Labute approximate surface area is 113 Å². The lowest BCUT2D eigenvalue weighted by Gasteiger charge is -2.20. The predicted octanol–water partition coefficient (Wildman–Crippen LogP) is 4.84. The molecule has 1 nitrogen and oxygen atoms in total. The molecule has 0 saturated carbocycles. The molecule has 18 heavy (non-hydrogen) atoms. The summed E-state index contributed by atoms with van der Waals surface area (Å²) in [6.07, 6.45) is 5.31. The van der Waals surface area contributed by atoms with Gasteiger partial charge >= 0.3 is 0 Å². The summed E-state index contributed by atoms with van der Waals surface area (Å²) in [5.74, 6) is 0. The molecule has 1 aromatic carbocycles. The fourth-order valence-electron chi connectivity index (χ4n) is 2.85. The molecule has 0 aromatic heterocycles. The summed E-state index contributed by atoms with van der Waals surface area (Å²) in [7, 11) is 0. The molecule has 102 valence electrons. The van der Waals surface area contributed by atoms with Crippen LogP contribution in [0, 0.1) is 20.8 Å². The van der Waals surface area contributed by atoms with Crippen LogP contribution in [-0.2, 0) is 0 Å². The highest BCUT2D eigenvalue weighted by Gasteiger charge is 2.10. The van der Waals surface area contributed by atoms with Gasteiger partial charge in [-0.3, -0.25) is 0 Å². The Balaban J connectivity index is 2.53. The van der Waals surface area contributed by atoms with Crippen LogP contribution in [0.1, 0.15) is 67.8 Å². The summed E-state index contributed by atoms with van der Waals surface area (Å²) >= 11 is 0. The van der Waals surface area contributed by atoms with Gasteiger partial charge in [-0.05, 0) is 57.4 Å². The molecule has 0 aliphatic carbocycles. The van der Waals surface area contributed by atoms with E-state index in [9.17, 15) is 0 Å². The molecular weight excluding hydrogens is 218 g/mol. The summed E-state index contributed by atoms with van der Waals surface area (Å²) in [5, 5.41) is 3.66. The lowest BCUT2D eigenvalue weighted by Crippen LogP contribution is -2.21. The van der Waals surface area contributed by atoms with E-state index in [1.165, 1.54) is 47.9 Å². The number of hydrogen-bond donors (Lipinski definition) is 1. The van der Waals surface area contributed by atoms with E-state index in [-0.39, 0.29) is 0 Å². The van der Waals surface area contributed by atoms with Gasteiger partial charge in [-0.1, -0.05) is 43.9 Å². The van der Waals surface area contributed by atoms with Crippen molar-refractivity contribution in [1.29, 1.82) is 0 Å². The molecule has 0 amide bonds. The Morgan fingerprint density at radius 3 is 2.17 bits per heavy atom. The minimum Gasteiger partial charge on any atom is -0.310 e. The van der Waals surface area contributed by atoms with E-state index >= 15 is 0 Å². The second-order valence-electron chi connectivity index (χ2n) is 5.55.